The molecule has 0 fully saturated rings. The maximum Gasteiger partial charge on any atom is 0.270 e. The normalized spacial score (nSPS) is 11.5. The van der Waals surface area contributed by atoms with Crippen molar-refractivity contribution < 1.29 is 19.6 Å². The first-order valence-electron chi connectivity index (χ1n) is 10.4. The van der Waals surface area contributed by atoms with Crippen LogP contribution in [0.1, 0.15) is 42.6 Å². The number of hydrogen-bond donors (Lipinski definition) is 4. The third kappa shape index (κ3) is 6.32. The highest BCUT2D eigenvalue weighted by atomic mass is 16.5. The number of amides is 3. The van der Waals surface area contributed by atoms with Gasteiger partial charge in [-0.15, -0.1) is 0 Å². The summed E-state index contributed by atoms with van der Waals surface area (Å²) in [4.78, 5) is 45.2. The monoisotopic (exact) mass is 435 g/mol. The van der Waals surface area contributed by atoms with E-state index in [-0.39, 0.29) is 18.0 Å². The average Bonchev–Trinajstić information content (AvgIpc) is 2.83. The minimum absolute atomic E-state index is 0.190. The smallest absolute Gasteiger partial charge is 0.270 e. The maximum atomic E-state index is 13.1. The lowest BCUT2D eigenvalue weighted by atomic mass is 10.1. The van der Waals surface area contributed by atoms with Gasteiger partial charge >= 0.3 is 0 Å². The molecule has 32 heavy (non-hydrogen) atoms. The van der Waals surface area contributed by atoms with Crippen LogP contribution in [0.4, 0.5) is 5.69 Å². The van der Waals surface area contributed by atoms with Crippen molar-refractivity contribution in [2.45, 2.75) is 38.1 Å². The van der Waals surface area contributed by atoms with Crippen LogP contribution < -0.4 is 16.1 Å². The van der Waals surface area contributed by atoms with Gasteiger partial charge in [0.2, 0.25) is 11.8 Å². The summed E-state index contributed by atoms with van der Waals surface area (Å²) in [5, 5.41) is 15.1. The number of aromatic nitrogens is 2. The minimum Gasteiger partial charge on any atom is -0.339 e. The number of hydroxylamine groups is 1. The van der Waals surface area contributed by atoms with E-state index < -0.39 is 17.9 Å². The molecule has 0 saturated heterocycles. The van der Waals surface area contributed by atoms with E-state index in [1.165, 1.54) is 6.20 Å². The molecule has 0 aliphatic carbocycles. The number of para-hydroxylation sites is 1. The van der Waals surface area contributed by atoms with E-state index in [4.69, 9.17) is 5.21 Å². The van der Waals surface area contributed by atoms with E-state index in [0.717, 1.165) is 5.39 Å². The number of benzene rings is 1. The molecule has 0 unspecified atom stereocenters. The standard InChI is InChI=1S/C23H25N5O4/c29-20(28-32)13-3-1-2-11-19(27-22(30)18-10-4-5-14-24-18)23(31)26-17-12-6-8-16-9-7-15-25-21(16)17/h4-10,12,14-15,19,32H,1-3,11,13H2,(H,26,31)(H,27,30)(H,28,29)/t19-/m0/s1. The van der Waals surface area contributed by atoms with Crippen LogP contribution in [-0.2, 0) is 9.59 Å². The summed E-state index contributed by atoms with van der Waals surface area (Å²) in [6, 6.07) is 13.4. The summed E-state index contributed by atoms with van der Waals surface area (Å²) in [6.07, 6.45) is 5.55. The fourth-order valence-electron chi connectivity index (χ4n) is 3.29. The van der Waals surface area contributed by atoms with Crippen LogP contribution in [0.2, 0.25) is 0 Å². The highest BCUT2D eigenvalue weighted by Gasteiger charge is 2.22. The molecule has 3 amide bonds. The first-order chi connectivity index (χ1) is 15.6. The van der Waals surface area contributed by atoms with E-state index in [0.29, 0.717) is 36.9 Å². The molecule has 2 heterocycles. The fraction of sp³-hybridized carbons (Fsp3) is 0.261. The van der Waals surface area contributed by atoms with E-state index in [1.807, 2.05) is 24.3 Å². The Morgan fingerprint density at radius 1 is 0.906 bits per heavy atom. The topological polar surface area (TPSA) is 133 Å². The molecule has 0 spiro atoms. The zero-order valence-electron chi connectivity index (χ0n) is 17.5. The molecule has 2 aromatic heterocycles. The molecule has 9 nitrogen and oxygen atoms in total. The summed E-state index contributed by atoms with van der Waals surface area (Å²) in [5.74, 6) is -1.26. The van der Waals surface area contributed by atoms with Gasteiger partial charge < -0.3 is 10.6 Å². The Hall–Kier alpha value is -3.85. The van der Waals surface area contributed by atoms with Gasteiger partial charge in [0, 0.05) is 24.2 Å². The van der Waals surface area contributed by atoms with Crippen LogP contribution in [0.5, 0.6) is 0 Å². The van der Waals surface area contributed by atoms with Crippen LogP contribution in [0.3, 0.4) is 0 Å². The fourth-order valence-corrected chi connectivity index (χ4v) is 3.29. The molecule has 166 valence electrons. The van der Waals surface area contributed by atoms with E-state index in [2.05, 4.69) is 20.6 Å². The van der Waals surface area contributed by atoms with Crippen LogP contribution in [-0.4, -0.2) is 38.9 Å². The number of rotatable bonds is 10. The molecule has 4 N–H and O–H groups in total. The zero-order valence-corrected chi connectivity index (χ0v) is 17.5. The number of carbonyl (C=O) groups is 3. The third-order valence-electron chi connectivity index (χ3n) is 4.93. The lowest BCUT2D eigenvalue weighted by molar-refractivity contribution is -0.129. The number of nitrogens with zero attached hydrogens (tertiary/aromatic N) is 2. The van der Waals surface area contributed by atoms with E-state index in [1.54, 1.807) is 35.9 Å². The number of fused-ring (bicyclic) bond motifs is 1. The average molecular weight is 435 g/mol. The first-order valence-corrected chi connectivity index (χ1v) is 10.4. The number of nitrogens with one attached hydrogen (secondary N) is 3. The Balaban J connectivity index is 1.69. The van der Waals surface area contributed by atoms with Gasteiger partial charge in [-0.25, -0.2) is 5.48 Å². The van der Waals surface area contributed by atoms with Gasteiger partial charge in [-0.05, 0) is 37.1 Å². The third-order valence-corrected chi connectivity index (χ3v) is 4.93. The van der Waals surface area contributed by atoms with Crippen molar-refractivity contribution >= 4 is 34.3 Å². The highest BCUT2D eigenvalue weighted by Crippen LogP contribution is 2.21. The van der Waals surface area contributed by atoms with Crippen LogP contribution in [0.25, 0.3) is 10.9 Å². The Bertz CT molecular complexity index is 1070. The summed E-state index contributed by atoms with van der Waals surface area (Å²) >= 11 is 0. The SMILES string of the molecule is O=C(CCCCC[C@H](NC(=O)c1ccccn1)C(=O)Nc1cccc2cccnc12)NO. The summed E-state index contributed by atoms with van der Waals surface area (Å²) in [6.45, 7) is 0. The summed E-state index contributed by atoms with van der Waals surface area (Å²) in [5.41, 5.74) is 3.04. The van der Waals surface area contributed by atoms with Crippen molar-refractivity contribution in [3.8, 4) is 0 Å². The predicted octanol–water partition coefficient (Wildman–Crippen LogP) is 2.82. The largest absolute Gasteiger partial charge is 0.339 e. The zero-order chi connectivity index (χ0) is 22.8. The van der Waals surface area contributed by atoms with E-state index >= 15 is 0 Å². The Labute approximate surface area is 185 Å². The lowest BCUT2D eigenvalue weighted by Crippen LogP contribution is -2.44. The second-order valence-electron chi connectivity index (χ2n) is 7.25. The van der Waals surface area contributed by atoms with Crippen LogP contribution in [0, 0.1) is 0 Å². The molecule has 3 aromatic rings. The van der Waals surface area contributed by atoms with Crippen molar-refractivity contribution in [2.75, 3.05) is 5.32 Å². The molecule has 0 aliphatic heterocycles. The highest BCUT2D eigenvalue weighted by molar-refractivity contribution is 6.04. The Kier molecular flexibility index (Phi) is 8.22. The maximum absolute atomic E-state index is 13.1. The Morgan fingerprint density at radius 3 is 2.50 bits per heavy atom. The molecule has 3 rings (SSSR count). The van der Waals surface area contributed by atoms with Crippen LogP contribution >= 0.6 is 0 Å². The number of pyridine rings is 2. The minimum atomic E-state index is -0.796. The molecule has 0 bridgehead atoms. The van der Waals surface area contributed by atoms with Gasteiger partial charge in [-0.3, -0.25) is 29.6 Å². The quantitative estimate of drug-likeness (QED) is 0.220. The molecule has 0 aliphatic rings. The van der Waals surface area contributed by atoms with Crippen molar-refractivity contribution in [1.29, 1.82) is 0 Å². The number of hydrogen-bond acceptors (Lipinski definition) is 6. The van der Waals surface area contributed by atoms with E-state index in [9.17, 15) is 14.4 Å². The molecule has 1 atom stereocenters. The molecular weight excluding hydrogens is 410 g/mol. The molecule has 0 saturated carbocycles. The molecule has 9 heteroatoms. The molecule has 1 aromatic carbocycles. The number of unbranched alkanes of at least 4 members (excludes halogenated alkanes) is 2. The predicted molar refractivity (Wildman–Crippen MR) is 119 cm³/mol. The first kappa shape index (κ1) is 22.8. The number of anilines is 1. The van der Waals surface area contributed by atoms with Gasteiger partial charge in [0.25, 0.3) is 5.91 Å². The van der Waals surface area contributed by atoms with Gasteiger partial charge in [-0.1, -0.05) is 37.1 Å². The second-order valence-corrected chi connectivity index (χ2v) is 7.25. The van der Waals surface area contributed by atoms with Crippen molar-refractivity contribution in [3.05, 3.63) is 66.6 Å². The summed E-state index contributed by atoms with van der Waals surface area (Å²) < 4.78 is 0. The Morgan fingerprint density at radius 2 is 1.72 bits per heavy atom. The second kappa shape index (κ2) is 11.5. The molecule has 0 radical (unpaired) electrons. The number of carbonyl (C=O) groups excluding carboxylic acids is 3. The van der Waals surface area contributed by atoms with Gasteiger partial charge in [0.05, 0.1) is 11.2 Å². The van der Waals surface area contributed by atoms with Gasteiger partial charge in [0.15, 0.2) is 0 Å². The molecular formula is C23H25N5O4. The van der Waals surface area contributed by atoms with Crippen molar-refractivity contribution in [3.63, 3.8) is 0 Å². The lowest BCUT2D eigenvalue weighted by Gasteiger charge is -2.19. The van der Waals surface area contributed by atoms with Gasteiger partial charge in [0.1, 0.15) is 11.7 Å². The van der Waals surface area contributed by atoms with Crippen molar-refractivity contribution in [2.24, 2.45) is 0 Å². The van der Waals surface area contributed by atoms with Gasteiger partial charge in [-0.2, -0.15) is 0 Å². The van der Waals surface area contributed by atoms with Crippen molar-refractivity contribution in [1.82, 2.24) is 20.8 Å². The van der Waals surface area contributed by atoms with Crippen LogP contribution in [0.15, 0.2) is 60.9 Å². The summed E-state index contributed by atoms with van der Waals surface area (Å²) in [7, 11) is 0.